The lowest BCUT2D eigenvalue weighted by molar-refractivity contribution is 0.0145. The van der Waals surface area contributed by atoms with E-state index in [-0.39, 0.29) is 12.5 Å². The summed E-state index contributed by atoms with van der Waals surface area (Å²) in [6.07, 6.45) is 2.09. The fourth-order valence-corrected chi connectivity index (χ4v) is 4.98. The second kappa shape index (κ2) is 10.5. The molecule has 1 aromatic carbocycles. The molecule has 2 fully saturated rings. The van der Waals surface area contributed by atoms with E-state index in [9.17, 15) is 10.1 Å². The molecule has 2 aliphatic heterocycles. The summed E-state index contributed by atoms with van der Waals surface area (Å²) in [4.78, 5) is 28.4. The molecule has 1 amide bonds. The Kier molecular flexibility index (Phi) is 7.67. The predicted octanol–water partition coefficient (Wildman–Crippen LogP) is 4.20. The summed E-state index contributed by atoms with van der Waals surface area (Å²) >= 11 is 3.56. The van der Waals surface area contributed by atoms with Gasteiger partial charge in [-0.2, -0.15) is 15.2 Å². The lowest BCUT2D eigenvalue weighted by atomic mass is 10.1. The van der Waals surface area contributed by atoms with Gasteiger partial charge in [-0.3, -0.25) is 0 Å². The van der Waals surface area contributed by atoms with Gasteiger partial charge in [-0.25, -0.2) is 4.79 Å². The molecule has 2 aliphatic rings. The second-order valence-electron chi connectivity index (χ2n) is 10.2. The third kappa shape index (κ3) is 6.14. The van der Waals surface area contributed by atoms with Crippen molar-refractivity contribution in [2.75, 3.05) is 44.7 Å². The number of benzene rings is 1. The highest BCUT2D eigenvalue weighted by Crippen LogP contribution is 2.31. The van der Waals surface area contributed by atoms with Crippen LogP contribution in [-0.2, 0) is 4.74 Å². The third-order valence-electron chi connectivity index (χ3n) is 6.43. The number of amides is 1. The normalized spacial score (nSPS) is 21.3. The summed E-state index contributed by atoms with van der Waals surface area (Å²) in [6, 6.07) is 8.52. The number of ether oxygens (including phenoxy) is 2. The molecule has 2 aromatic rings. The Hall–Kier alpha value is -2.64. The molecule has 188 valence electrons. The lowest BCUT2D eigenvalue weighted by Gasteiger charge is -2.41. The number of carbonyl (C=O) groups excluding carboxylic acids is 1. The molecule has 0 N–H and O–H groups in total. The summed E-state index contributed by atoms with van der Waals surface area (Å²) in [5.74, 6) is 0.748. The molecule has 2 saturated heterocycles. The molecule has 1 aromatic heterocycles. The smallest absolute Gasteiger partial charge is 0.410 e. The minimum absolute atomic E-state index is 0.208. The molecular weight excluding hydrogens is 512 g/mol. The van der Waals surface area contributed by atoms with Crippen molar-refractivity contribution in [1.82, 2.24) is 19.8 Å². The van der Waals surface area contributed by atoms with Gasteiger partial charge in [-0.1, -0.05) is 15.9 Å². The van der Waals surface area contributed by atoms with Gasteiger partial charge in [-0.15, -0.1) is 0 Å². The van der Waals surface area contributed by atoms with Crippen molar-refractivity contribution >= 4 is 38.7 Å². The van der Waals surface area contributed by atoms with Crippen LogP contribution in [0.3, 0.4) is 0 Å². The van der Waals surface area contributed by atoms with Crippen molar-refractivity contribution in [2.45, 2.75) is 57.7 Å². The van der Waals surface area contributed by atoms with Crippen LogP contribution < -0.4 is 9.64 Å². The Labute approximate surface area is 215 Å². The molecule has 3 heterocycles. The Balaban J connectivity index is 1.60. The molecule has 0 aliphatic carbocycles. The van der Waals surface area contributed by atoms with Gasteiger partial charge in [0.2, 0.25) is 0 Å². The maximum atomic E-state index is 12.8. The highest BCUT2D eigenvalue weighted by molar-refractivity contribution is 9.10. The predicted molar refractivity (Wildman–Crippen MR) is 138 cm³/mol. The average molecular weight is 545 g/mol. The van der Waals surface area contributed by atoms with E-state index < -0.39 is 11.7 Å². The van der Waals surface area contributed by atoms with Gasteiger partial charge < -0.3 is 24.2 Å². The van der Waals surface area contributed by atoms with Crippen LogP contribution in [-0.4, -0.2) is 83.4 Å². The van der Waals surface area contributed by atoms with E-state index in [4.69, 9.17) is 14.5 Å². The number of likely N-dealkylation sites (N-methyl/N-ethyl adjacent to an activating group) is 1. The van der Waals surface area contributed by atoms with E-state index in [0.29, 0.717) is 38.3 Å². The minimum atomic E-state index is -0.597. The number of anilines is 1. The van der Waals surface area contributed by atoms with E-state index in [1.54, 1.807) is 4.90 Å². The van der Waals surface area contributed by atoms with Gasteiger partial charge in [0.25, 0.3) is 0 Å². The van der Waals surface area contributed by atoms with Crippen LogP contribution in [0, 0.1) is 11.3 Å². The Bertz CT molecular complexity index is 1110. The molecule has 4 rings (SSSR count). The first-order valence-corrected chi connectivity index (χ1v) is 12.9. The van der Waals surface area contributed by atoms with Gasteiger partial charge >= 0.3 is 12.1 Å². The monoisotopic (exact) mass is 544 g/mol. The van der Waals surface area contributed by atoms with Crippen molar-refractivity contribution in [3.05, 3.63) is 22.7 Å². The first-order valence-electron chi connectivity index (χ1n) is 12.1. The van der Waals surface area contributed by atoms with Crippen LogP contribution in [0.4, 0.5) is 10.6 Å². The van der Waals surface area contributed by atoms with Gasteiger partial charge in [0, 0.05) is 35.5 Å². The van der Waals surface area contributed by atoms with Crippen molar-refractivity contribution in [3.8, 4) is 12.1 Å². The van der Waals surface area contributed by atoms with Crippen LogP contribution >= 0.6 is 15.9 Å². The first kappa shape index (κ1) is 25.5. The minimum Gasteiger partial charge on any atom is -0.462 e. The molecule has 9 nitrogen and oxygen atoms in total. The van der Waals surface area contributed by atoms with Crippen LogP contribution in [0.15, 0.2) is 22.7 Å². The number of likely N-dealkylation sites (tertiary alicyclic amines) is 1. The van der Waals surface area contributed by atoms with E-state index in [1.807, 2.05) is 39.0 Å². The SMILES string of the molecule is CN1CCC[C@H]1COc1nc(N2CCN(C(=O)OC(C)(C)C)[C@@H](CC#N)C2)c2cc(Br)ccc2n1. The fraction of sp³-hybridized carbons (Fsp3) is 0.600. The molecule has 0 saturated carbocycles. The van der Waals surface area contributed by atoms with Crippen molar-refractivity contribution in [2.24, 2.45) is 0 Å². The van der Waals surface area contributed by atoms with E-state index in [0.717, 1.165) is 34.2 Å². The van der Waals surface area contributed by atoms with Gasteiger partial charge in [0.05, 0.1) is 24.0 Å². The van der Waals surface area contributed by atoms with Crippen LogP contribution in [0.1, 0.15) is 40.0 Å². The molecule has 10 heteroatoms. The standard InChI is InChI=1S/C25H33BrN6O3/c1-25(2,3)35-24(33)32-13-12-31(15-18(32)9-10-27)22-20-14-17(26)7-8-21(20)28-23(29-22)34-16-19-6-5-11-30(19)4/h7-8,14,18-19H,5-6,9,11-13,15-16H2,1-4H3/t18-,19-/m0/s1. The van der Waals surface area contributed by atoms with E-state index >= 15 is 0 Å². The zero-order chi connectivity index (χ0) is 25.2. The number of carbonyl (C=O) groups is 1. The molecule has 2 atom stereocenters. The summed E-state index contributed by atoms with van der Waals surface area (Å²) in [5, 5.41) is 10.3. The Morgan fingerprint density at radius 1 is 1.23 bits per heavy atom. The number of aromatic nitrogens is 2. The second-order valence-corrected chi connectivity index (χ2v) is 11.1. The molecule has 35 heavy (non-hydrogen) atoms. The van der Waals surface area contributed by atoms with Gasteiger partial charge in [-0.05, 0) is 65.4 Å². The molecular formula is C25H33BrN6O3. The summed E-state index contributed by atoms with van der Waals surface area (Å²) in [6.45, 7) is 8.61. The zero-order valence-electron chi connectivity index (χ0n) is 20.8. The van der Waals surface area contributed by atoms with Crippen LogP contribution in [0.25, 0.3) is 10.9 Å². The van der Waals surface area contributed by atoms with Crippen LogP contribution in [0.5, 0.6) is 6.01 Å². The van der Waals surface area contributed by atoms with Crippen LogP contribution in [0.2, 0.25) is 0 Å². The molecule has 0 radical (unpaired) electrons. The summed E-state index contributed by atoms with van der Waals surface area (Å²) in [5.41, 5.74) is 0.194. The van der Waals surface area contributed by atoms with Crippen molar-refractivity contribution < 1.29 is 14.3 Å². The van der Waals surface area contributed by atoms with Gasteiger partial charge in [0.1, 0.15) is 18.0 Å². The number of hydrogen-bond donors (Lipinski definition) is 0. The molecule has 0 bridgehead atoms. The highest BCUT2D eigenvalue weighted by atomic mass is 79.9. The average Bonchev–Trinajstić information content (AvgIpc) is 3.21. The maximum absolute atomic E-state index is 12.8. The summed E-state index contributed by atoms with van der Waals surface area (Å²) in [7, 11) is 2.12. The third-order valence-corrected chi connectivity index (χ3v) is 6.92. The van der Waals surface area contributed by atoms with Gasteiger partial charge in [0.15, 0.2) is 0 Å². The van der Waals surface area contributed by atoms with Crippen molar-refractivity contribution in [3.63, 3.8) is 0 Å². The largest absolute Gasteiger partial charge is 0.462 e. The topological polar surface area (TPSA) is 94.8 Å². The lowest BCUT2D eigenvalue weighted by Crippen LogP contribution is -2.56. The first-order chi connectivity index (χ1) is 16.6. The zero-order valence-corrected chi connectivity index (χ0v) is 22.4. The number of nitrogens with zero attached hydrogens (tertiary/aromatic N) is 6. The number of fused-ring (bicyclic) bond motifs is 1. The van der Waals surface area contributed by atoms with E-state index in [2.05, 4.69) is 43.8 Å². The van der Waals surface area contributed by atoms with E-state index in [1.165, 1.54) is 6.42 Å². The number of hydrogen-bond acceptors (Lipinski definition) is 8. The summed E-state index contributed by atoms with van der Waals surface area (Å²) < 4.78 is 12.6. The number of nitriles is 1. The highest BCUT2D eigenvalue weighted by Gasteiger charge is 2.34. The van der Waals surface area contributed by atoms with Crippen molar-refractivity contribution in [1.29, 1.82) is 5.26 Å². The quantitative estimate of drug-likeness (QED) is 0.552. The Morgan fingerprint density at radius 3 is 2.71 bits per heavy atom. The molecule has 0 spiro atoms. The fourth-order valence-electron chi connectivity index (χ4n) is 4.62. The number of rotatable bonds is 5. The number of halogens is 1. The number of piperazine rings is 1. The Morgan fingerprint density at radius 2 is 2.03 bits per heavy atom. The maximum Gasteiger partial charge on any atom is 0.410 e. The molecule has 0 unspecified atom stereocenters.